The zero-order chi connectivity index (χ0) is 14.1. The lowest BCUT2D eigenvalue weighted by Crippen LogP contribution is -2.42. The van der Waals surface area contributed by atoms with E-state index in [1.54, 1.807) is 4.68 Å². The smallest absolute Gasteiger partial charge is 0.237 e. The summed E-state index contributed by atoms with van der Waals surface area (Å²) >= 11 is 0. The normalized spacial score (nSPS) is 29.2. The van der Waals surface area contributed by atoms with Crippen LogP contribution >= 0.6 is 0 Å². The van der Waals surface area contributed by atoms with Gasteiger partial charge in [0.15, 0.2) is 0 Å². The Bertz CT molecular complexity index is 482. The predicted molar refractivity (Wildman–Crippen MR) is 77.1 cm³/mol. The molecule has 1 saturated carbocycles. The van der Waals surface area contributed by atoms with Gasteiger partial charge in [0.1, 0.15) is 0 Å². The number of aromatic nitrogens is 2. The van der Waals surface area contributed by atoms with Crippen LogP contribution in [0.15, 0.2) is 6.20 Å². The third kappa shape index (κ3) is 2.73. The molecule has 3 rings (SSSR count). The van der Waals surface area contributed by atoms with E-state index in [4.69, 9.17) is 0 Å². The summed E-state index contributed by atoms with van der Waals surface area (Å²) in [5.41, 5.74) is 2.08. The Balaban J connectivity index is 1.53. The molecule has 1 aromatic rings. The Morgan fingerprint density at radius 3 is 3.00 bits per heavy atom. The molecule has 1 amide bonds. The summed E-state index contributed by atoms with van der Waals surface area (Å²) in [6.07, 6.45) is 8.11. The van der Waals surface area contributed by atoms with Gasteiger partial charge in [0.2, 0.25) is 5.91 Å². The predicted octanol–water partition coefficient (Wildman–Crippen LogP) is 1.27. The number of carbonyl (C=O) groups is 1. The fourth-order valence-corrected chi connectivity index (χ4v) is 3.65. The summed E-state index contributed by atoms with van der Waals surface area (Å²) in [5.74, 6) is 0.849. The van der Waals surface area contributed by atoms with E-state index in [1.165, 1.54) is 25.7 Å². The summed E-state index contributed by atoms with van der Waals surface area (Å²) in [5, 5.41) is 10.9. The van der Waals surface area contributed by atoms with Crippen LogP contribution in [-0.2, 0) is 18.4 Å². The van der Waals surface area contributed by atoms with Crippen LogP contribution in [0.1, 0.15) is 43.4 Å². The number of hydrogen-bond donors (Lipinski definition) is 2. The lowest BCUT2D eigenvalue weighted by molar-refractivity contribution is -0.123. The molecule has 5 heteroatoms. The third-order valence-electron chi connectivity index (χ3n) is 4.75. The molecule has 1 saturated heterocycles. The van der Waals surface area contributed by atoms with Gasteiger partial charge in [-0.1, -0.05) is 12.8 Å². The summed E-state index contributed by atoms with van der Waals surface area (Å²) in [6.45, 7) is 2.55. The second-order valence-corrected chi connectivity index (χ2v) is 6.24. The number of fused-ring (bicyclic) bond motifs is 1. The highest BCUT2D eigenvalue weighted by molar-refractivity contribution is 5.82. The van der Waals surface area contributed by atoms with E-state index in [0.29, 0.717) is 18.5 Å². The average Bonchev–Trinajstić information content (AvgIpc) is 2.99. The average molecular weight is 276 g/mol. The van der Waals surface area contributed by atoms with Crippen LogP contribution in [0.25, 0.3) is 0 Å². The van der Waals surface area contributed by atoms with Gasteiger partial charge >= 0.3 is 0 Å². The van der Waals surface area contributed by atoms with Crippen molar-refractivity contribution in [3.05, 3.63) is 17.5 Å². The molecule has 20 heavy (non-hydrogen) atoms. The Labute approximate surface area is 120 Å². The summed E-state index contributed by atoms with van der Waals surface area (Å²) < 4.78 is 1.79. The number of nitrogens with one attached hydrogen (secondary N) is 2. The molecule has 2 aliphatic rings. The maximum atomic E-state index is 12.3. The summed E-state index contributed by atoms with van der Waals surface area (Å²) in [6, 6.07) is 0.569. The third-order valence-corrected chi connectivity index (χ3v) is 4.75. The van der Waals surface area contributed by atoms with Crippen molar-refractivity contribution in [1.82, 2.24) is 20.4 Å². The minimum atomic E-state index is 0.0000718. The number of amides is 1. The van der Waals surface area contributed by atoms with Gasteiger partial charge in [-0.3, -0.25) is 9.48 Å². The molecule has 5 nitrogen and oxygen atoms in total. The maximum absolute atomic E-state index is 12.3. The minimum Gasteiger partial charge on any atom is -0.351 e. The number of carbonyl (C=O) groups excluding carboxylic acids is 1. The van der Waals surface area contributed by atoms with Gasteiger partial charge in [-0.2, -0.15) is 5.10 Å². The zero-order valence-electron chi connectivity index (χ0n) is 12.4. The van der Waals surface area contributed by atoms with Crippen LogP contribution < -0.4 is 10.6 Å². The van der Waals surface area contributed by atoms with Crippen molar-refractivity contribution < 1.29 is 4.79 Å². The molecule has 0 spiro atoms. The molecular weight excluding hydrogens is 252 g/mol. The van der Waals surface area contributed by atoms with Crippen LogP contribution in [0.3, 0.4) is 0 Å². The van der Waals surface area contributed by atoms with E-state index in [0.717, 1.165) is 17.7 Å². The first-order valence-electron chi connectivity index (χ1n) is 7.66. The first-order chi connectivity index (χ1) is 9.63. The van der Waals surface area contributed by atoms with Crippen molar-refractivity contribution in [1.29, 1.82) is 0 Å². The van der Waals surface area contributed by atoms with Crippen LogP contribution in [0.4, 0.5) is 0 Å². The molecule has 0 radical (unpaired) electrons. The number of hydrogen-bond acceptors (Lipinski definition) is 3. The van der Waals surface area contributed by atoms with Gasteiger partial charge in [-0.15, -0.1) is 0 Å². The highest BCUT2D eigenvalue weighted by Gasteiger charge is 2.37. The molecule has 2 heterocycles. The quantitative estimate of drug-likeness (QED) is 0.874. The van der Waals surface area contributed by atoms with E-state index in [9.17, 15) is 4.79 Å². The summed E-state index contributed by atoms with van der Waals surface area (Å²) in [7, 11) is 1.90. The van der Waals surface area contributed by atoms with Crippen molar-refractivity contribution >= 4 is 5.91 Å². The van der Waals surface area contributed by atoms with E-state index in [2.05, 4.69) is 15.7 Å². The van der Waals surface area contributed by atoms with Crippen molar-refractivity contribution in [3.8, 4) is 0 Å². The molecule has 1 aliphatic carbocycles. The van der Waals surface area contributed by atoms with Crippen molar-refractivity contribution in [2.45, 2.75) is 57.7 Å². The minimum absolute atomic E-state index is 0.0000718. The molecule has 1 aromatic heterocycles. The molecule has 1 aliphatic heterocycles. The maximum Gasteiger partial charge on any atom is 0.237 e. The molecule has 0 aromatic carbocycles. The lowest BCUT2D eigenvalue weighted by atomic mass is 9.85. The van der Waals surface area contributed by atoms with Gasteiger partial charge in [-0.05, 0) is 32.1 Å². The molecule has 110 valence electrons. The molecule has 3 atom stereocenters. The standard InChI is InChI=1S/C15H24N4O/c1-10-12(9-19(2)18-10)8-16-15(20)14-7-11-5-3-4-6-13(11)17-14/h9,11,13-14,17H,3-8H2,1-2H3,(H,16,20). The molecule has 3 unspecified atom stereocenters. The zero-order valence-corrected chi connectivity index (χ0v) is 12.4. The molecule has 0 bridgehead atoms. The van der Waals surface area contributed by atoms with Crippen molar-refractivity contribution in [3.63, 3.8) is 0 Å². The first kappa shape index (κ1) is 13.6. The fourth-order valence-electron chi connectivity index (χ4n) is 3.65. The van der Waals surface area contributed by atoms with Gasteiger partial charge in [0.05, 0.1) is 11.7 Å². The first-order valence-corrected chi connectivity index (χ1v) is 7.66. The lowest BCUT2D eigenvalue weighted by Gasteiger charge is -2.24. The second kappa shape index (κ2) is 5.56. The van der Waals surface area contributed by atoms with Crippen LogP contribution in [-0.4, -0.2) is 27.8 Å². The monoisotopic (exact) mass is 276 g/mol. The van der Waals surface area contributed by atoms with Gasteiger partial charge < -0.3 is 10.6 Å². The van der Waals surface area contributed by atoms with E-state index >= 15 is 0 Å². The second-order valence-electron chi connectivity index (χ2n) is 6.24. The van der Waals surface area contributed by atoms with Crippen LogP contribution in [0, 0.1) is 12.8 Å². The molecular formula is C15H24N4O. The van der Waals surface area contributed by atoms with Crippen molar-refractivity contribution in [2.24, 2.45) is 13.0 Å². The Morgan fingerprint density at radius 2 is 2.30 bits per heavy atom. The van der Waals surface area contributed by atoms with Crippen LogP contribution in [0.5, 0.6) is 0 Å². The van der Waals surface area contributed by atoms with E-state index < -0.39 is 0 Å². The Kier molecular flexibility index (Phi) is 3.78. The van der Waals surface area contributed by atoms with Crippen molar-refractivity contribution in [2.75, 3.05) is 0 Å². The Hall–Kier alpha value is -1.36. The Morgan fingerprint density at radius 1 is 1.50 bits per heavy atom. The number of aryl methyl sites for hydroxylation is 2. The largest absolute Gasteiger partial charge is 0.351 e. The SMILES string of the molecule is Cc1nn(C)cc1CNC(=O)C1CC2CCCCC2N1. The molecule has 2 fully saturated rings. The van der Waals surface area contributed by atoms with Gasteiger partial charge in [-0.25, -0.2) is 0 Å². The van der Waals surface area contributed by atoms with E-state index in [1.807, 2.05) is 20.2 Å². The van der Waals surface area contributed by atoms with Gasteiger partial charge in [0.25, 0.3) is 0 Å². The van der Waals surface area contributed by atoms with E-state index in [-0.39, 0.29) is 11.9 Å². The highest BCUT2D eigenvalue weighted by Crippen LogP contribution is 2.33. The topological polar surface area (TPSA) is 59.0 Å². The number of rotatable bonds is 3. The number of nitrogens with zero attached hydrogens (tertiary/aromatic N) is 2. The summed E-state index contributed by atoms with van der Waals surface area (Å²) in [4.78, 5) is 12.3. The van der Waals surface area contributed by atoms with Crippen LogP contribution in [0.2, 0.25) is 0 Å². The van der Waals surface area contributed by atoms with Gasteiger partial charge in [0, 0.05) is 31.4 Å². The highest BCUT2D eigenvalue weighted by atomic mass is 16.2. The molecule has 2 N–H and O–H groups in total. The fraction of sp³-hybridized carbons (Fsp3) is 0.733.